The summed E-state index contributed by atoms with van der Waals surface area (Å²) in [7, 11) is 0. The molecule has 0 aliphatic carbocycles. The molecule has 5 aromatic rings. The maximum Gasteiger partial charge on any atom is 0.281 e. The maximum absolute atomic E-state index is 13.9. The molecule has 5 rings (SSSR count). The van der Waals surface area contributed by atoms with Gasteiger partial charge in [0.1, 0.15) is 23.2 Å². The van der Waals surface area contributed by atoms with Crippen molar-refractivity contribution < 1.29 is 4.39 Å². The van der Waals surface area contributed by atoms with Gasteiger partial charge in [-0.15, -0.1) is 0 Å². The zero-order chi connectivity index (χ0) is 20.7. The molecule has 2 N–H and O–H groups in total. The summed E-state index contributed by atoms with van der Waals surface area (Å²) in [6, 6.07) is 7.57. The summed E-state index contributed by atoms with van der Waals surface area (Å²) in [5, 5.41) is 3.57. The number of H-pyrrole nitrogens is 1. The van der Waals surface area contributed by atoms with Crippen molar-refractivity contribution in [2.24, 2.45) is 0 Å². The standard InChI is InChI=1S/C20H15ClFN7O/c21-15-5-7-28-9-14(4-6-23-18-16-19(25-10-24-16)27-11-26-18)29(20(30)17(15)28)13-3-1-2-12(22)8-13/h1-3,5,7-11H,4,6H2,(H2,23,24,25,26,27). The highest BCUT2D eigenvalue weighted by molar-refractivity contribution is 6.33. The van der Waals surface area contributed by atoms with Gasteiger partial charge >= 0.3 is 0 Å². The zero-order valence-corrected chi connectivity index (χ0v) is 16.3. The van der Waals surface area contributed by atoms with E-state index in [1.807, 2.05) is 6.20 Å². The van der Waals surface area contributed by atoms with Crippen molar-refractivity contribution in [1.29, 1.82) is 0 Å². The van der Waals surface area contributed by atoms with Gasteiger partial charge in [-0.2, -0.15) is 0 Å². The van der Waals surface area contributed by atoms with Gasteiger partial charge in [0.15, 0.2) is 11.5 Å². The van der Waals surface area contributed by atoms with Crippen LogP contribution in [0.4, 0.5) is 10.2 Å². The number of rotatable bonds is 5. The van der Waals surface area contributed by atoms with Crippen molar-refractivity contribution in [3.05, 3.63) is 82.3 Å². The second-order valence-electron chi connectivity index (χ2n) is 6.66. The van der Waals surface area contributed by atoms with Crippen molar-refractivity contribution in [1.82, 2.24) is 28.9 Å². The van der Waals surface area contributed by atoms with Crippen LogP contribution in [0.2, 0.25) is 5.02 Å². The Morgan fingerprint density at radius 3 is 2.97 bits per heavy atom. The highest BCUT2D eigenvalue weighted by Gasteiger charge is 2.15. The van der Waals surface area contributed by atoms with E-state index in [0.717, 1.165) is 0 Å². The van der Waals surface area contributed by atoms with Gasteiger partial charge in [-0.3, -0.25) is 9.36 Å². The molecular formula is C20H15ClFN7O. The smallest absolute Gasteiger partial charge is 0.281 e. The van der Waals surface area contributed by atoms with E-state index in [9.17, 15) is 9.18 Å². The van der Waals surface area contributed by atoms with Crippen LogP contribution in [0.25, 0.3) is 22.4 Å². The summed E-state index contributed by atoms with van der Waals surface area (Å²) >= 11 is 6.21. The van der Waals surface area contributed by atoms with Crippen LogP contribution in [0.1, 0.15) is 5.69 Å². The summed E-state index contributed by atoms with van der Waals surface area (Å²) in [5.74, 6) is 0.165. The minimum Gasteiger partial charge on any atom is -0.368 e. The van der Waals surface area contributed by atoms with Gasteiger partial charge in [0.2, 0.25) is 0 Å². The van der Waals surface area contributed by atoms with Gasteiger partial charge in [-0.25, -0.2) is 19.3 Å². The molecule has 0 fully saturated rings. The van der Waals surface area contributed by atoms with Crippen LogP contribution in [0.15, 0.2) is 60.2 Å². The lowest BCUT2D eigenvalue weighted by molar-refractivity contribution is 0.625. The van der Waals surface area contributed by atoms with E-state index in [1.54, 1.807) is 35.1 Å². The van der Waals surface area contributed by atoms with Crippen molar-refractivity contribution in [3.8, 4) is 5.69 Å². The summed E-state index contributed by atoms with van der Waals surface area (Å²) in [4.78, 5) is 28.7. The van der Waals surface area contributed by atoms with Crippen molar-refractivity contribution in [3.63, 3.8) is 0 Å². The molecule has 30 heavy (non-hydrogen) atoms. The third-order valence-corrected chi connectivity index (χ3v) is 5.11. The van der Waals surface area contributed by atoms with Gasteiger partial charge in [-0.05, 0) is 24.3 Å². The molecule has 4 aromatic heterocycles. The predicted octanol–water partition coefficient (Wildman–Crippen LogP) is 3.20. The minimum atomic E-state index is -0.424. The number of anilines is 1. The number of aromatic amines is 1. The molecular weight excluding hydrogens is 409 g/mol. The zero-order valence-electron chi connectivity index (χ0n) is 15.5. The van der Waals surface area contributed by atoms with E-state index in [-0.39, 0.29) is 5.56 Å². The largest absolute Gasteiger partial charge is 0.368 e. The lowest BCUT2D eigenvalue weighted by Crippen LogP contribution is -2.25. The first-order valence-corrected chi connectivity index (χ1v) is 9.54. The first-order valence-electron chi connectivity index (χ1n) is 9.17. The summed E-state index contributed by atoms with van der Waals surface area (Å²) < 4.78 is 17.0. The Hall–Kier alpha value is -3.72. The van der Waals surface area contributed by atoms with Gasteiger partial charge < -0.3 is 14.7 Å². The Labute approximate surface area is 174 Å². The summed E-state index contributed by atoms with van der Waals surface area (Å²) in [5.41, 5.74) is 2.41. The monoisotopic (exact) mass is 423 g/mol. The SMILES string of the molecule is O=c1c2c(Cl)ccn2cc(CCNc2ncnc3[nH]cnc23)n1-c1cccc(F)c1. The molecule has 0 saturated heterocycles. The Balaban J connectivity index is 1.54. The van der Waals surface area contributed by atoms with Crippen LogP contribution < -0.4 is 10.9 Å². The minimum absolute atomic E-state index is 0.315. The Morgan fingerprint density at radius 2 is 2.10 bits per heavy atom. The second kappa shape index (κ2) is 7.27. The third kappa shape index (κ3) is 3.09. The van der Waals surface area contributed by atoms with Gasteiger partial charge in [0, 0.05) is 31.1 Å². The van der Waals surface area contributed by atoms with E-state index >= 15 is 0 Å². The quantitative estimate of drug-likeness (QED) is 0.453. The molecule has 0 saturated carbocycles. The van der Waals surface area contributed by atoms with Gasteiger partial charge in [0.25, 0.3) is 5.56 Å². The fourth-order valence-electron chi connectivity index (χ4n) is 3.47. The fourth-order valence-corrected chi connectivity index (χ4v) is 3.71. The summed E-state index contributed by atoms with van der Waals surface area (Å²) in [6.07, 6.45) is 7.01. The molecule has 0 aliphatic heterocycles. The van der Waals surface area contributed by atoms with Gasteiger partial charge in [-0.1, -0.05) is 17.7 Å². The molecule has 0 aliphatic rings. The number of imidazole rings is 1. The molecule has 0 spiro atoms. The maximum atomic E-state index is 13.9. The Bertz CT molecular complexity index is 1440. The van der Waals surface area contributed by atoms with E-state index < -0.39 is 5.82 Å². The van der Waals surface area contributed by atoms with E-state index in [1.165, 1.54) is 23.0 Å². The number of hydrogen-bond acceptors (Lipinski definition) is 5. The summed E-state index contributed by atoms with van der Waals surface area (Å²) in [6.45, 7) is 0.467. The first-order chi connectivity index (χ1) is 14.6. The van der Waals surface area contributed by atoms with Crippen LogP contribution in [-0.4, -0.2) is 35.4 Å². The number of nitrogens with zero attached hydrogens (tertiary/aromatic N) is 5. The third-order valence-electron chi connectivity index (χ3n) is 4.80. The molecule has 8 nitrogen and oxygen atoms in total. The first kappa shape index (κ1) is 18.3. The van der Waals surface area contributed by atoms with Gasteiger partial charge in [0.05, 0.1) is 17.0 Å². The highest BCUT2D eigenvalue weighted by atomic mass is 35.5. The predicted molar refractivity (Wildman–Crippen MR) is 112 cm³/mol. The van der Waals surface area contributed by atoms with Crippen LogP contribution >= 0.6 is 11.6 Å². The van der Waals surface area contributed by atoms with Crippen LogP contribution in [-0.2, 0) is 6.42 Å². The number of halogens is 2. The number of fused-ring (bicyclic) bond motifs is 2. The molecule has 0 bridgehead atoms. The average Bonchev–Trinajstić information content (AvgIpc) is 3.35. The Kier molecular flexibility index (Phi) is 4.44. The number of hydrogen-bond donors (Lipinski definition) is 2. The Morgan fingerprint density at radius 1 is 1.20 bits per heavy atom. The van der Waals surface area contributed by atoms with Crippen LogP contribution in [0.3, 0.4) is 0 Å². The molecule has 1 aromatic carbocycles. The molecule has 150 valence electrons. The fraction of sp³-hybridized carbons (Fsp3) is 0.100. The lowest BCUT2D eigenvalue weighted by atomic mass is 10.2. The average molecular weight is 424 g/mol. The van der Waals surface area contributed by atoms with Crippen molar-refractivity contribution in [2.45, 2.75) is 6.42 Å². The second-order valence-corrected chi connectivity index (χ2v) is 7.07. The van der Waals surface area contributed by atoms with Crippen LogP contribution in [0.5, 0.6) is 0 Å². The molecule has 0 atom stereocenters. The molecule has 4 heterocycles. The number of benzene rings is 1. The molecule has 0 unspecified atom stereocenters. The molecule has 0 amide bonds. The van der Waals surface area contributed by atoms with Crippen molar-refractivity contribution >= 4 is 34.1 Å². The van der Waals surface area contributed by atoms with E-state index in [0.29, 0.717) is 51.9 Å². The molecule has 0 radical (unpaired) electrons. The normalized spacial score (nSPS) is 11.4. The number of aromatic nitrogens is 6. The number of nitrogens with one attached hydrogen (secondary N) is 2. The van der Waals surface area contributed by atoms with Crippen LogP contribution in [0, 0.1) is 5.82 Å². The highest BCUT2D eigenvalue weighted by Crippen LogP contribution is 2.19. The van der Waals surface area contributed by atoms with Crippen molar-refractivity contribution in [2.75, 3.05) is 11.9 Å². The molecule has 10 heteroatoms. The lowest BCUT2D eigenvalue weighted by Gasteiger charge is -2.15. The topological polar surface area (TPSA) is 92.9 Å². The van der Waals surface area contributed by atoms with E-state index in [4.69, 9.17) is 11.6 Å². The van der Waals surface area contributed by atoms with E-state index in [2.05, 4.69) is 25.3 Å².